The first kappa shape index (κ1) is 12.6. The van der Waals surface area contributed by atoms with Gasteiger partial charge in [-0.05, 0) is 45.1 Å². The molecule has 0 saturated heterocycles. The number of rotatable bonds is 5. The van der Waals surface area contributed by atoms with Gasteiger partial charge in [0.2, 0.25) is 0 Å². The van der Waals surface area contributed by atoms with E-state index in [2.05, 4.69) is 44.8 Å². The lowest BCUT2D eigenvalue weighted by molar-refractivity contribution is 0.414. The highest BCUT2D eigenvalue weighted by molar-refractivity contribution is 9.10. The van der Waals surface area contributed by atoms with Gasteiger partial charge in [0, 0.05) is 22.4 Å². The minimum Gasteiger partial charge on any atom is -0.497 e. The molecule has 0 unspecified atom stereocenters. The van der Waals surface area contributed by atoms with Gasteiger partial charge in [-0.3, -0.25) is 0 Å². The predicted octanol–water partition coefficient (Wildman–Crippen LogP) is 3.81. The summed E-state index contributed by atoms with van der Waals surface area (Å²) in [6, 6.07) is 10.2. The predicted molar refractivity (Wildman–Crippen MR) is 75.6 cm³/mol. The molecule has 2 aromatic rings. The van der Waals surface area contributed by atoms with Gasteiger partial charge >= 0.3 is 0 Å². The maximum Gasteiger partial charge on any atom is 0.119 e. The third kappa shape index (κ3) is 3.56. The number of hydrogen-bond donors (Lipinski definition) is 1. The Labute approximate surface area is 114 Å². The molecular weight excluding hydrogens is 298 g/mol. The molecule has 0 saturated carbocycles. The summed E-state index contributed by atoms with van der Waals surface area (Å²) in [4.78, 5) is 1.33. The molecule has 0 fully saturated rings. The molecule has 0 aliphatic heterocycles. The van der Waals surface area contributed by atoms with E-state index in [0.717, 1.165) is 18.8 Å². The van der Waals surface area contributed by atoms with Crippen molar-refractivity contribution in [3.05, 3.63) is 50.6 Å². The number of hydrogen-bond acceptors (Lipinski definition) is 3. The molecule has 0 atom stereocenters. The average Bonchev–Trinajstić information content (AvgIpc) is 2.76. The Kier molecular flexibility index (Phi) is 4.59. The molecule has 0 radical (unpaired) electrons. The van der Waals surface area contributed by atoms with Crippen LogP contribution in [0.1, 0.15) is 10.4 Å². The van der Waals surface area contributed by atoms with Crippen LogP contribution in [0.15, 0.2) is 40.2 Å². The van der Waals surface area contributed by atoms with Crippen LogP contribution in [0.2, 0.25) is 0 Å². The number of nitrogens with one attached hydrogen (secondary N) is 1. The summed E-state index contributed by atoms with van der Waals surface area (Å²) in [5.41, 5.74) is 1.23. The van der Waals surface area contributed by atoms with Crippen LogP contribution in [-0.2, 0) is 13.1 Å². The average molecular weight is 312 g/mol. The van der Waals surface area contributed by atoms with Crippen molar-refractivity contribution in [3.8, 4) is 5.75 Å². The summed E-state index contributed by atoms with van der Waals surface area (Å²) >= 11 is 5.28. The van der Waals surface area contributed by atoms with Gasteiger partial charge in [-0.15, -0.1) is 11.3 Å². The lowest BCUT2D eigenvalue weighted by Crippen LogP contribution is -2.11. The molecule has 1 heterocycles. The Morgan fingerprint density at radius 2 is 2.18 bits per heavy atom. The van der Waals surface area contributed by atoms with Crippen molar-refractivity contribution in [1.82, 2.24) is 5.32 Å². The zero-order valence-electron chi connectivity index (χ0n) is 9.57. The zero-order valence-corrected chi connectivity index (χ0v) is 12.0. The van der Waals surface area contributed by atoms with E-state index in [-0.39, 0.29) is 0 Å². The fraction of sp³-hybridized carbons (Fsp3) is 0.231. The maximum absolute atomic E-state index is 5.19. The minimum absolute atomic E-state index is 0.849. The summed E-state index contributed by atoms with van der Waals surface area (Å²) < 4.78 is 6.37. The van der Waals surface area contributed by atoms with Gasteiger partial charge in [-0.2, -0.15) is 0 Å². The molecule has 4 heteroatoms. The molecule has 1 N–H and O–H groups in total. The molecule has 1 aromatic carbocycles. The van der Waals surface area contributed by atoms with Gasteiger partial charge < -0.3 is 10.1 Å². The van der Waals surface area contributed by atoms with Crippen LogP contribution in [-0.4, -0.2) is 7.11 Å². The van der Waals surface area contributed by atoms with Crippen LogP contribution in [0.4, 0.5) is 0 Å². The molecule has 0 amide bonds. The van der Waals surface area contributed by atoms with Crippen LogP contribution >= 0.6 is 27.3 Å². The molecule has 17 heavy (non-hydrogen) atoms. The van der Waals surface area contributed by atoms with Crippen LogP contribution in [0.25, 0.3) is 0 Å². The molecule has 90 valence electrons. The Morgan fingerprint density at radius 1 is 1.29 bits per heavy atom. The molecule has 2 rings (SSSR count). The first-order valence-corrected chi connectivity index (χ1v) is 7.02. The third-order valence-electron chi connectivity index (χ3n) is 2.44. The quantitative estimate of drug-likeness (QED) is 0.906. The van der Waals surface area contributed by atoms with Crippen molar-refractivity contribution >= 4 is 27.3 Å². The van der Waals surface area contributed by atoms with Crippen LogP contribution < -0.4 is 10.1 Å². The Balaban J connectivity index is 1.87. The normalized spacial score (nSPS) is 10.5. The van der Waals surface area contributed by atoms with Gasteiger partial charge in [-0.25, -0.2) is 0 Å². The van der Waals surface area contributed by atoms with Crippen LogP contribution in [0.5, 0.6) is 5.75 Å². The third-order valence-corrected chi connectivity index (χ3v) is 4.37. The second-order valence-electron chi connectivity index (χ2n) is 3.65. The summed E-state index contributed by atoms with van der Waals surface area (Å²) in [5.74, 6) is 0.904. The molecule has 0 aliphatic carbocycles. The Morgan fingerprint density at radius 3 is 2.88 bits per heavy atom. The summed E-state index contributed by atoms with van der Waals surface area (Å²) in [7, 11) is 1.69. The van der Waals surface area contributed by atoms with Gasteiger partial charge in [0.1, 0.15) is 5.75 Å². The van der Waals surface area contributed by atoms with Crippen molar-refractivity contribution in [2.75, 3.05) is 7.11 Å². The van der Waals surface area contributed by atoms with Crippen molar-refractivity contribution in [1.29, 1.82) is 0 Å². The lowest BCUT2D eigenvalue weighted by Gasteiger charge is -2.06. The SMILES string of the molecule is COc1cccc(CNCc2sccc2Br)c1. The number of benzene rings is 1. The number of halogens is 1. The summed E-state index contributed by atoms with van der Waals surface area (Å²) in [6.07, 6.45) is 0. The fourth-order valence-electron chi connectivity index (χ4n) is 1.55. The van der Waals surface area contributed by atoms with Crippen molar-refractivity contribution in [3.63, 3.8) is 0 Å². The molecule has 0 aliphatic rings. The van der Waals surface area contributed by atoms with E-state index in [1.165, 1.54) is 14.9 Å². The van der Waals surface area contributed by atoms with Gasteiger partial charge in [-0.1, -0.05) is 12.1 Å². The van der Waals surface area contributed by atoms with Crippen LogP contribution in [0, 0.1) is 0 Å². The minimum atomic E-state index is 0.849. The van der Waals surface area contributed by atoms with Crippen molar-refractivity contribution < 1.29 is 4.74 Å². The van der Waals surface area contributed by atoms with Gasteiger partial charge in [0.15, 0.2) is 0 Å². The highest BCUT2D eigenvalue weighted by Gasteiger charge is 2.01. The number of thiophene rings is 1. The molecule has 1 aromatic heterocycles. The number of methoxy groups -OCH3 is 1. The van der Waals surface area contributed by atoms with E-state index in [4.69, 9.17) is 4.74 Å². The lowest BCUT2D eigenvalue weighted by atomic mass is 10.2. The fourth-order valence-corrected chi connectivity index (χ4v) is 3.02. The highest BCUT2D eigenvalue weighted by atomic mass is 79.9. The van der Waals surface area contributed by atoms with Crippen molar-refractivity contribution in [2.24, 2.45) is 0 Å². The van der Waals surface area contributed by atoms with E-state index >= 15 is 0 Å². The summed E-state index contributed by atoms with van der Waals surface area (Å²) in [6.45, 7) is 1.73. The highest BCUT2D eigenvalue weighted by Crippen LogP contribution is 2.22. The summed E-state index contributed by atoms with van der Waals surface area (Å²) in [5, 5.41) is 5.51. The van der Waals surface area contributed by atoms with E-state index in [1.807, 2.05) is 12.1 Å². The smallest absolute Gasteiger partial charge is 0.119 e. The first-order valence-electron chi connectivity index (χ1n) is 5.35. The van der Waals surface area contributed by atoms with Crippen molar-refractivity contribution in [2.45, 2.75) is 13.1 Å². The molecule has 0 spiro atoms. The number of ether oxygens (including phenoxy) is 1. The van der Waals surface area contributed by atoms with Gasteiger partial charge in [0.05, 0.1) is 7.11 Å². The zero-order chi connectivity index (χ0) is 12.1. The molecular formula is C13H14BrNOS. The second-order valence-corrected chi connectivity index (χ2v) is 5.50. The van der Waals surface area contributed by atoms with Gasteiger partial charge in [0.25, 0.3) is 0 Å². The van der Waals surface area contributed by atoms with E-state index in [9.17, 15) is 0 Å². The standard InChI is InChI=1S/C13H14BrNOS/c1-16-11-4-2-3-10(7-11)8-15-9-13-12(14)5-6-17-13/h2-7,15H,8-9H2,1H3. The topological polar surface area (TPSA) is 21.3 Å². The monoisotopic (exact) mass is 311 g/mol. The first-order chi connectivity index (χ1) is 8.29. The van der Waals surface area contributed by atoms with E-state index in [1.54, 1.807) is 18.4 Å². The Bertz CT molecular complexity index is 484. The van der Waals surface area contributed by atoms with E-state index < -0.39 is 0 Å². The Hall–Kier alpha value is -0.840. The maximum atomic E-state index is 5.19. The van der Waals surface area contributed by atoms with E-state index in [0.29, 0.717) is 0 Å². The molecule has 2 nitrogen and oxygen atoms in total. The largest absolute Gasteiger partial charge is 0.497 e. The van der Waals surface area contributed by atoms with Crippen LogP contribution in [0.3, 0.4) is 0 Å². The second kappa shape index (κ2) is 6.19. The molecule has 0 bridgehead atoms.